The summed E-state index contributed by atoms with van der Waals surface area (Å²) in [7, 11) is 0. The molecule has 0 saturated heterocycles. The lowest BCUT2D eigenvalue weighted by atomic mass is 10.2. The van der Waals surface area contributed by atoms with E-state index in [4.69, 9.17) is 10.00 Å². The highest BCUT2D eigenvalue weighted by atomic mass is 19.1. The van der Waals surface area contributed by atoms with Crippen molar-refractivity contribution >= 4 is 0 Å². The Hall–Kier alpha value is -2.41. The van der Waals surface area contributed by atoms with E-state index >= 15 is 0 Å². The predicted molar refractivity (Wildman–Crippen MR) is 61.8 cm³/mol. The monoisotopic (exact) mass is 245 g/mol. The lowest BCUT2D eigenvalue weighted by molar-refractivity contribution is 0.298. The second-order valence-corrected chi connectivity index (χ2v) is 3.63. The number of hydrogen-bond acceptors (Lipinski definition) is 2. The molecule has 0 heterocycles. The van der Waals surface area contributed by atoms with E-state index in [0.29, 0.717) is 5.56 Å². The lowest BCUT2D eigenvalue weighted by Crippen LogP contribution is -1.98. The molecule has 2 nitrogen and oxygen atoms in total. The van der Waals surface area contributed by atoms with Crippen LogP contribution in [0.2, 0.25) is 0 Å². The fourth-order valence-electron chi connectivity index (χ4n) is 1.45. The maximum absolute atomic E-state index is 13.3. The first-order chi connectivity index (χ1) is 8.70. The Morgan fingerprint density at radius 1 is 1.06 bits per heavy atom. The van der Waals surface area contributed by atoms with Crippen LogP contribution in [0.25, 0.3) is 0 Å². The van der Waals surface area contributed by atoms with Crippen molar-refractivity contribution in [2.45, 2.75) is 6.61 Å². The summed E-state index contributed by atoms with van der Waals surface area (Å²) in [6.07, 6.45) is 0. The molecule has 0 N–H and O–H groups in total. The van der Waals surface area contributed by atoms with E-state index in [0.717, 1.165) is 6.07 Å². The minimum atomic E-state index is -0.650. The second-order valence-electron chi connectivity index (χ2n) is 3.63. The van der Waals surface area contributed by atoms with Gasteiger partial charge in [0.25, 0.3) is 0 Å². The van der Waals surface area contributed by atoms with Crippen LogP contribution in [0, 0.1) is 23.0 Å². The molecule has 90 valence electrons. The third kappa shape index (κ3) is 2.64. The fourth-order valence-corrected chi connectivity index (χ4v) is 1.45. The summed E-state index contributed by atoms with van der Waals surface area (Å²) in [6.45, 7) is 0.0119. The van der Waals surface area contributed by atoms with Crippen LogP contribution >= 0.6 is 0 Å². The smallest absolute Gasteiger partial charge is 0.144 e. The molecule has 0 bridgehead atoms. The molecule has 0 unspecified atom stereocenters. The molecule has 2 aromatic carbocycles. The number of nitrogens with zero attached hydrogens (tertiary/aromatic N) is 1. The van der Waals surface area contributed by atoms with Crippen LogP contribution in [0.15, 0.2) is 42.5 Å². The first-order valence-electron chi connectivity index (χ1n) is 5.26. The summed E-state index contributed by atoms with van der Waals surface area (Å²) in [5.41, 5.74) is 0.343. The van der Waals surface area contributed by atoms with Crippen LogP contribution in [-0.4, -0.2) is 0 Å². The van der Waals surface area contributed by atoms with Crippen molar-refractivity contribution in [2.75, 3.05) is 0 Å². The van der Waals surface area contributed by atoms with Gasteiger partial charge in [0.05, 0.1) is 5.56 Å². The number of nitriles is 1. The highest BCUT2D eigenvalue weighted by molar-refractivity contribution is 5.36. The van der Waals surface area contributed by atoms with Gasteiger partial charge in [0.2, 0.25) is 0 Å². The third-order valence-electron chi connectivity index (χ3n) is 2.41. The molecule has 0 saturated carbocycles. The molecule has 0 radical (unpaired) electrons. The van der Waals surface area contributed by atoms with Crippen LogP contribution in [0.1, 0.15) is 11.1 Å². The Morgan fingerprint density at radius 3 is 2.50 bits per heavy atom. The Balaban J connectivity index is 2.10. The molecule has 0 aliphatic carbocycles. The SMILES string of the molecule is N#Cc1ccc(OCc2ccccc2F)cc1F. The van der Waals surface area contributed by atoms with Crippen molar-refractivity contribution in [3.8, 4) is 11.8 Å². The summed E-state index contributed by atoms with van der Waals surface area (Å²) >= 11 is 0. The Morgan fingerprint density at radius 2 is 1.83 bits per heavy atom. The molecule has 0 spiro atoms. The standard InChI is InChI=1S/C14H9F2NO/c15-13-4-2-1-3-11(13)9-18-12-6-5-10(8-17)14(16)7-12/h1-7H,9H2. The van der Waals surface area contributed by atoms with Gasteiger partial charge in [0.15, 0.2) is 0 Å². The first-order valence-corrected chi connectivity index (χ1v) is 5.26. The molecule has 18 heavy (non-hydrogen) atoms. The van der Waals surface area contributed by atoms with Crippen molar-refractivity contribution < 1.29 is 13.5 Å². The number of rotatable bonds is 3. The zero-order chi connectivity index (χ0) is 13.0. The maximum atomic E-state index is 13.3. The van der Waals surface area contributed by atoms with E-state index in [1.54, 1.807) is 24.3 Å². The molecule has 0 aliphatic heterocycles. The third-order valence-corrected chi connectivity index (χ3v) is 2.41. The van der Waals surface area contributed by atoms with Gasteiger partial charge in [-0.15, -0.1) is 0 Å². The number of halogens is 2. The maximum Gasteiger partial charge on any atom is 0.144 e. The summed E-state index contributed by atoms with van der Waals surface area (Å²) in [5.74, 6) is -0.759. The van der Waals surface area contributed by atoms with Gasteiger partial charge in [0, 0.05) is 11.6 Å². The second kappa shape index (κ2) is 5.28. The number of benzene rings is 2. The van der Waals surface area contributed by atoms with Gasteiger partial charge in [-0.3, -0.25) is 0 Å². The van der Waals surface area contributed by atoms with E-state index < -0.39 is 5.82 Å². The zero-order valence-electron chi connectivity index (χ0n) is 9.36. The van der Waals surface area contributed by atoms with Crippen molar-refractivity contribution in [2.24, 2.45) is 0 Å². The minimum absolute atomic E-state index is 0.0119. The normalized spacial score (nSPS) is 9.83. The highest BCUT2D eigenvalue weighted by Crippen LogP contribution is 2.18. The quantitative estimate of drug-likeness (QED) is 0.830. The first kappa shape index (κ1) is 12.1. The molecular weight excluding hydrogens is 236 g/mol. The number of ether oxygens (including phenoxy) is 1. The van der Waals surface area contributed by atoms with Gasteiger partial charge < -0.3 is 4.74 Å². The van der Waals surface area contributed by atoms with Gasteiger partial charge in [0.1, 0.15) is 30.1 Å². The molecule has 2 aromatic rings. The Kier molecular flexibility index (Phi) is 3.54. The topological polar surface area (TPSA) is 33.0 Å². The fraction of sp³-hybridized carbons (Fsp3) is 0.0714. The van der Waals surface area contributed by atoms with Crippen LogP contribution in [-0.2, 0) is 6.61 Å². The Labute approximate surface area is 103 Å². The minimum Gasteiger partial charge on any atom is -0.489 e. The molecular formula is C14H9F2NO. The van der Waals surface area contributed by atoms with Crippen molar-refractivity contribution in [3.63, 3.8) is 0 Å². The van der Waals surface area contributed by atoms with E-state index in [1.807, 2.05) is 0 Å². The summed E-state index contributed by atoms with van der Waals surface area (Å²) in [6, 6.07) is 11.8. The molecule has 4 heteroatoms. The largest absolute Gasteiger partial charge is 0.489 e. The zero-order valence-corrected chi connectivity index (χ0v) is 9.36. The lowest BCUT2D eigenvalue weighted by Gasteiger charge is -2.07. The van der Waals surface area contributed by atoms with E-state index in [-0.39, 0.29) is 23.7 Å². The molecule has 0 aliphatic rings. The number of hydrogen-bond donors (Lipinski definition) is 0. The molecule has 2 rings (SSSR count). The average Bonchev–Trinajstić information content (AvgIpc) is 2.38. The van der Waals surface area contributed by atoms with Gasteiger partial charge in [-0.05, 0) is 18.2 Å². The van der Waals surface area contributed by atoms with Gasteiger partial charge in [-0.25, -0.2) is 8.78 Å². The van der Waals surface area contributed by atoms with Crippen molar-refractivity contribution in [1.82, 2.24) is 0 Å². The van der Waals surface area contributed by atoms with Crippen molar-refractivity contribution in [1.29, 1.82) is 5.26 Å². The van der Waals surface area contributed by atoms with Gasteiger partial charge >= 0.3 is 0 Å². The molecule has 0 amide bonds. The van der Waals surface area contributed by atoms with Crippen LogP contribution in [0.5, 0.6) is 5.75 Å². The Bertz CT molecular complexity index is 605. The van der Waals surface area contributed by atoms with Gasteiger partial charge in [-0.1, -0.05) is 18.2 Å². The predicted octanol–water partition coefficient (Wildman–Crippen LogP) is 3.42. The van der Waals surface area contributed by atoms with E-state index in [1.165, 1.54) is 18.2 Å². The summed E-state index contributed by atoms with van der Waals surface area (Å²) < 4.78 is 31.8. The van der Waals surface area contributed by atoms with E-state index in [9.17, 15) is 8.78 Å². The molecule has 0 aromatic heterocycles. The highest BCUT2D eigenvalue weighted by Gasteiger charge is 2.05. The van der Waals surface area contributed by atoms with Crippen LogP contribution in [0.4, 0.5) is 8.78 Å². The summed E-state index contributed by atoms with van der Waals surface area (Å²) in [4.78, 5) is 0. The van der Waals surface area contributed by atoms with Crippen LogP contribution in [0.3, 0.4) is 0 Å². The molecule has 0 atom stereocenters. The average molecular weight is 245 g/mol. The van der Waals surface area contributed by atoms with E-state index in [2.05, 4.69) is 0 Å². The van der Waals surface area contributed by atoms with Gasteiger partial charge in [-0.2, -0.15) is 5.26 Å². The van der Waals surface area contributed by atoms with Crippen molar-refractivity contribution in [3.05, 3.63) is 65.2 Å². The van der Waals surface area contributed by atoms with Crippen LogP contribution < -0.4 is 4.74 Å². The molecule has 0 fully saturated rings. The summed E-state index contributed by atoms with van der Waals surface area (Å²) in [5, 5.41) is 8.57.